The van der Waals surface area contributed by atoms with Gasteiger partial charge in [-0.3, -0.25) is 4.79 Å². The molecule has 1 amide bonds. The molecule has 1 aromatic carbocycles. The van der Waals surface area contributed by atoms with Crippen molar-refractivity contribution >= 4 is 17.2 Å². The summed E-state index contributed by atoms with van der Waals surface area (Å²) >= 11 is 1.58. The third-order valence-electron chi connectivity index (χ3n) is 3.40. The van der Waals surface area contributed by atoms with Crippen LogP contribution in [0.4, 0.5) is 4.39 Å². The minimum Gasteiger partial charge on any atom is -0.335 e. The highest BCUT2D eigenvalue weighted by molar-refractivity contribution is 7.15. The molecule has 0 radical (unpaired) electrons. The van der Waals surface area contributed by atoms with Gasteiger partial charge in [0.05, 0.1) is 6.54 Å². The first kappa shape index (κ1) is 16.6. The summed E-state index contributed by atoms with van der Waals surface area (Å²) in [6, 6.07) is 10.6. The molecule has 0 atom stereocenters. The molecule has 5 heteroatoms. The minimum atomic E-state index is -0.241. The fraction of sp³-hybridized carbons (Fsp3) is 0.353. The molecule has 1 aromatic heterocycles. The highest BCUT2D eigenvalue weighted by Crippen LogP contribution is 2.29. The smallest absolute Gasteiger partial charge is 0.224 e. The molecule has 0 saturated heterocycles. The molecule has 2 aromatic rings. The molecule has 1 heterocycles. The lowest BCUT2D eigenvalue weighted by Gasteiger charge is -2.26. The molecule has 22 heavy (non-hydrogen) atoms. The van der Waals surface area contributed by atoms with Gasteiger partial charge in [0, 0.05) is 28.8 Å². The first-order chi connectivity index (χ1) is 10.5. The number of nitrogens with two attached hydrogens (primary N) is 1. The average Bonchev–Trinajstić information content (AvgIpc) is 2.93. The van der Waals surface area contributed by atoms with E-state index in [4.69, 9.17) is 5.73 Å². The molecule has 0 aliphatic rings. The van der Waals surface area contributed by atoms with Gasteiger partial charge in [-0.2, -0.15) is 0 Å². The van der Waals surface area contributed by atoms with Crippen LogP contribution in [-0.2, 0) is 11.3 Å². The van der Waals surface area contributed by atoms with Crippen LogP contribution in [0.25, 0.3) is 10.4 Å². The highest BCUT2D eigenvalue weighted by Gasteiger charge is 2.17. The second-order valence-electron chi connectivity index (χ2n) is 5.43. The van der Waals surface area contributed by atoms with E-state index in [-0.39, 0.29) is 17.8 Å². The number of carbonyl (C=O) groups excluding carboxylic acids is 1. The zero-order valence-electron chi connectivity index (χ0n) is 12.9. The molecule has 0 fully saturated rings. The van der Waals surface area contributed by atoms with E-state index < -0.39 is 0 Å². The third kappa shape index (κ3) is 4.15. The molecule has 0 saturated carbocycles. The summed E-state index contributed by atoms with van der Waals surface area (Å²) in [4.78, 5) is 16.0. The zero-order chi connectivity index (χ0) is 16.1. The summed E-state index contributed by atoms with van der Waals surface area (Å²) in [5, 5.41) is 0. The summed E-state index contributed by atoms with van der Waals surface area (Å²) in [6.45, 7) is 4.92. The van der Waals surface area contributed by atoms with Crippen LogP contribution in [0.3, 0.4) is 0 Å². The van der Waals surface area contributed by atoms with Crippen molar-refractivity contribution in [2.24, 2.45) is 5.73 Å². The van der Waals surface area contributed by atoms with Gasteiger partial charge in [0.1, 0.15) is 5.82 Å². The van der Waals surface area contributed by atoms with Crippen molar-refractivity contribution in [3.63, 3.8) is 0 Å². The fourth-order valence-electron chi connectivity index (χ4n) is 2.25. The number of hydrogen-bond donors (Lipinski definition) is 1. The Balaban J connectivity index is 2.15. The summed E-state index contributed by atoms with van der Waals surface area (Å²) in [7, 11) is 0. The van der Waals surface area contributed by atoms with Gasteiger partial charge in [-0.05, 0) is 43.7 Å². The van der Waals surface area contributed by atoms with E-state index in [0.717, 1.165) is 15.3 Å². The summed E-state index contributed by atoms with van der Waals surface area (Å²) in [5.74, 6) is -0.174. The Morgan fingerprint density at radius 3 is 2.73 bits per heavy atom. The normalized spacial score (nSPS) is 11.0. The van der Waals surface area contributed by atoms with Crippen LogP contribution in [-0.4, -0.2) is 23.4 Å². The Labute approximate surface area is 134 Å². The molecule has 0 bridgehead atoms. The van der Waals surface area contributed by atoms with Crippen LogP contribution in [0.15, 0.2) is 36.4 Å². The van der Waals surface area contributed by atoms with E-state index >= 15 is 0 Å². The molecule has 2 N–H and O–H groups in total. The van der Waals surface area contributed by atoms with Crippen molar-refractivity contribution in [3.05, 3.63) is 47.1 Å². The lowest BCUT2D eigenvalue weighted by Crippen LogP contribution is -2.37. The standard InChI is InChI=1S/C17H21FN2OS/c1-12(2)20(17(21)8-9-19)11-15-6-7-16(22-15)13-4-3-5-14(18)10-13/h3-7,10,12H,8-9,11,19H2,1-2H3. The van der Waals surface area contributed by atoms with Crippen LogP contribution in [0.1, 0.15) is 25.1 Å². The molecular formula is C17H21FN2OS. The Kier molecular flexibility index (Phi) is 5.69. The molecular weight excluding hydrogens is 299 g/mol. The highest BCUT2D eigenvalue weighted by atomic mass is 32.1. The predicted octanol–water partition coefficient (Wildman–Crippen LogP) is 3.64. The lowest BCUT2D eigenvalue weighted by molar-refractivity contribution is -0.133. The second kappa shape index (κ2) is 7.51. The first-order valence-corrected chi connectivity index (χ1v) is 8.17. The third-order valence-corrected chi connectivity index (χ3v) is 4.52. The van der Waals surface area contributed by atoms with E-state index in [1.54, 1.807) is 17.4 Å². The van der Waals surface area contributed by atoms with Crippen molar-refractivity contribution in [1.82, 2.24) is 4.90 Å². The number of hydrogen-bond acceptors (Lipinski definition) is 3. The van der Waals surface area contributed by atoms with Gasteiger partial charge in [-0.15, -0.1) is 11.3 Å². The number of carbonyl (C=O) groups is 1. The van der Waals surface area contributed by atoms with Crippen LogP contribution in [0, 0.1) is 5.82 Å². The van der Waals surface area contributed by atoms with Crippen molar-refractivity contribution in [2.75, 3.05) is 6.54 Å². The van der Waals surface area contributed by atoms with E-state index in [1.165, 1.54) is 12.1 Å². The fourth-order valence-corrected chi connectivity index (χ4v) is 3.26. The van der Waals surface area contributed by atoms with Gasteiger partial charge in [0.2, 0.25) is 5.91 Å². The quantitative estimate of drug-likeness (QED) is 0.883. The van der Waals surface area contributed by atoms with Crippen molar-refractivity contribution in [2.45, 2.75) is 32.9 Å². The van der Waals surface area contributed by atoms with Gasteiger partial charge in [-0.1, -0.05) is 12.1 Å². The average molecular weight is 320 g/mol. The van der Waals surface area contributed by atoms with Crippen LogP contribution >= 0.6 is 11.3 Å². The number of halogens is 1. The zero-order valence-corrected chi connectivity index (χ0v) is 13.7. The van der Waals surface area contributed by atoms with Gasteiger partial charge >= 0.3 is 0 Å². The largest absolute Gasteiger partial charge is 0.335 e. The molecule has 2 rings (SSSR count). The van der Waals surface area contributed by atoms with Crippen molar-refractivity contribution in [3.8, 4) is 10.4 Å². The SMILES string of the molecule is CC(C)N(Cc1ccc(-c2cccc(F)c2)s1)C(=O)CCN. The maximum absolute atomic E-state index is 13.3. The monoisotopic (exact) mass is 320 g/mol. The van der Waals surface area contributed by atoms with E-state index in [9.17, 15) is 9.18 Å². The second-order valence-corrected chi connectivity index (χ2v) is 6.60. The Morgan fingerprint density at radius 1 is 1.32 bits per heavy atom. The van der Waals surface area contributed by atoms with Gasteiger partial charge in [0.15, 0.2) is 0 Å². The molecule has 0 unspecified atom stereocenters. The van der Waals surface area contributed by atoms with Crippen LogP contribution in [0.2, 0.25) is 0 Å². The van der Waals surface area contributed by atoms with Crippen LogP contribution < -0.4 is 5.73 Å². The van der Waals surface area contributed by atoms with E-state index in [1.807, 2.05) is 36.9 Å². The van der Waals surface area contributed by atoms with Gasteiger partial charge < -0.3 is 10.6 Å². The number of nitrogens with zero attached hydrogens (tertiary/aromatic N) is 1. The Hall–Kier alpha value is -1.72. The van der Waals surface area contributed by atoms with Gasteiger partial charge in [-0.25, -0.2) is 4.39 Å². The topological polar surface area (TPSA) is 46.3 Å². The van der Waals surface area contributed by atoms with Crippen molar-refractivity contribution < 1.29 is 9.18 Å². The minimum absolute atomic E-state index is 0.0678. The summed E-state index contributed by atoms with van der Waals surface area (Å²) < 4.78 is 13.3. The van der Waals surface area contributed by atoms with Gasteiger partial charge in [0.25, 0.3) is 0 Å². The Bertz CT molecular complexity index is 639. The first-order valence-electron chi connectivity index (χ1n) is 7.35. The predicted molar refractivity (Wildman–Crippen MR) is 89.1 cm³/mol. The number of benzene rings is 1. The number of thiophene rings is 1. The molecule has 0 spiro atoms. The van der Waals surface area contributed by atoms with Crippen LogP contribution in [0.5, 0.6) is 0 Å². The maximum Gasteiger partial charge on any atom is 0.224 e. The number of amides is 1. The molecule has 0 aliphatic carbocycles. The van der Waals surface area contributed by atoms with Crippen molar-refractivity contribution in [1.29, 1.82) is 0 Å². The van der Waals surface area contributed by atoms with E-state index in [0.29, 0.717) is 19.5 Å². The lowest BCUT2D eigenvalue weighted by atomic mass is 10.2. The molecule has 0 aliphatic heterocycles. The van der Waals surface area contributed by atoms with E-state index in [2.05, 4.69) is 0 Å². The Morgan fingerprint density at radius 2 is 2.09 bits per heavy atom. The maximum atomic E-state index is 13.3. The molecule has 118 valence electrons. The summed E-state index contributed by atoms with van der Waals surface area (Å²) in [6.07, 6.45) is 0.361. The summed E-state index contributed by atoms with van der Waals surface area (Å²) in [5.41, 5.74) is 6.34. The number of rotatable bonds is 6. The molecule has 3 nitrogen and oxygen atoms in total.